The second-order valence-electron chi connectivity index (χ2n) is 2.67. The van der Waals surface area contributed by atoms with E-state index in [1.165, 1.54) is 17.6 Å². The predicted molar refractivity (Wildman–Crippen MR) is 51.0 cm³/mol. The molecule has 0 radical (unpaired) electrons. The molecule has 0 unspecified atom stereocenters. The highest BCUT2D eigenvalue weighted by Gasteiger charge is 2.14. The van der Waals surface area contributed by atoms with Crippen molar-refractivity contribution in [1.29, 1.82) is 0 Å². The molecule has 13 heavy (non-hydrogen) atoms. The van der Waals surface area contributed by atoms with Gasteiger partial charge in [-0.15, -0.1) is 0 Å². The topological polar surface area (TPSA) is 56.0 Å². The molecule has 0 amide bonds. The lowest BCUT2D eigenvalue weighted by Gasteiger charge is -1.91. The lowest BCUT2D eigenvalue weighted by molar-refractivity contribution is -0.383. The van der Waals surface area contributed by atoms with Crippen molar-refractivity contribution in [3.8, 4) is 0 Å². The first-order chi connectivity index (χ1) is 6.20. The minimum atomic E-state index is -0.401. The number of nitro groups is 1. The molecule has 0 aliphatic carbocycles. The minimum absolute atomic E-state index is 0.0850. The van der Waals surface area contributed by atoms with Gasteiger partial charge in [-0.3, -0.25) is 10.1 Å². The van der Waals surface area contributed by atoms with E-state index in [1.807, 2.05) is 13.0 Å². The summed E-state index contributed by atoms with van der Waals surface area (Å²) in [6, 6.07) is 5.00. The summed E-state index contributed by atoms with van der Waals surface area (Å²) in [5.74, 6) is 0. The number of aryl methyl sites for hydroxylation is 1. The Morgan fingerprint density at radius 1 is 1.54 bits per heavy atom. The highest BCUT2D eigenvalue weighted by atomic mass is 32.1. The summed E-state index contributed by atoms with van der Waals surface area (Å²) in [6.07, 6.45) is 0. The summed E-state index contributed by atoms with van der Waals surface area (Å²) in [5, 5.41) is 11.5. The quantitative estimate of drug-likeness (QED) is 0.517. The van der Waals surface area contributed by atoms with Gasteiger partial charge in [-0.25, -0.2) is 0 Å². The summed E-state index contributed by atoms with van der Waals surface area (Å²) >= 11 is 1.29. The predicted octanol–water partition coefficient (Wildman–Crippen LogP) is 2.51. The van der Waals surface area contributed by atoms with Gasteiger partial charge in [-0.1, -0.05) is 12.1 Å². The smallest absolute Gasteiger partial charge is 0.258 e. The number of non-ortho nitro benzene ring substituents is 1. The van der Waals surface area contributed by atoms with Crippen molar-refractivity contribution in [2.75, 3.05) is 0 Å². The fraction of sp³-hybridized carbons (Fsp3) is 0.125. The fourth-order valence-corrected chi connectivity index (χ4v) is 1.91. The summed E-state index contributed by atoms with van der Waals surface area (Å²) in [4.78, 5) is 11.2. The van der Waals surface area contributed by atoms with Gasteiger partial charge in [0.25, 0.3) is 5.69 Å². The Morgan fingerprint density at radius 3 is 3.00 bits per heavy atom. The number of benzene rings is 1. The molecule has 66 valence electrons. The second-order valence-corrected chi connectivity index (χ2v) is 3.65. The highest BCUT2D eigenvalue weighted by molar-refractivity contribution is 7.07. The second kappa shape index (κ2) is 2.77. The zero-order chi connectivity index (χ0) is 9.42. The van der Waals surface area contributed by atoms with E-state index in [0.717, 1.165) is 10.3 Å². The Bertz CT molecular complexity index is 478. The monoisotopic (exact) mass is 194 g/mol. The Hall–Kier alpha value is -1.49. The number of nitrogens with zero attached hydrogens (tertiary/aromatic N) is 2. The summed E-state index contributed by atoms with van der Waals surface area (Å²) in [6.45, 7) is 1.91. The molecule has 1 aromatic carbocycles. The molecular formula is C8H6N2O2S. The molecule has 0 aliphatic heterocycles. The standard InChI is InChI=1S/C8H6N2O2S/c1-5-6-3-2-4-7(10(11)12)8(6)9-13-5/h2-4H,1H3. The molecule has 0 saturated heterocycles. The maximum Gasteiger partial charge on any atom is 0.296 e. The van der Waals surface area contributed by atoms with Gasteiger partial charge >= 0.3 is 0 Å². The number of hydrogen-bond acceptors (Lipinski definition) is 4. The van der Waals surface area contributed by atoms with Gasteiger partial charge in [-0.2, -0.15) is 4.37 Å². The first-order valence-corrected chi connectivity index (χ1v) is 4.47. The van der Waals surface area contributed by atoms with Crippen LogP contribution in [0.3, 0.4) is 0 Å². The van der Waals surface area contributed by atoms with Crippen LogP contribution in [0.4, 0.5) is 5.69 Å². The van der Waals surface area contributed by atoms with Crippen LogP contribution in [0.5, 0.6) is 0 Å². The average Bonchev–Trinajstić information content (AvgIpc) is 2.48. The van der Waals surface area contributed by atoms with Crippen LogP contribution in [0, 0.1) is 17.0 Å². The van der Waals surface area contributed by atoms with E-state index in [4.69, 9.17) is 0 Å². The fourth-order valence-electron chi connectivity index (χ4n) is 1.22. The van der Waals surface area contributed by atoms with E-state index in [2.05, 4.69) is 4.37 Å². The highest BCUT2D eigenvalue weighted by Crippen LogP contribution is 2.28. The molecule has 0 atom stereocenters. The summed E-state index contributed by atoms with van der Waals surface area (Å²) < 4.78 is 4.04. The van der Waals surface area contributed by atoms with Crippen LogP contribution in [0.15, 0.2) is 18.2 Å². The van der Waals surface area contributed by atoms with Crippen molar-refractivity contribution in [1.82, 2.24) is 4.37 Å². The maximum absolute atomic E-state index is 10.6. The van der Waals surface area contributed by atoms with Gasteiger partial charge in [0.05, 0.1) is 4.92 Å². The molecule has 4 nitrogen and oxygen atoms in total. The molecule has 5 heteroatoms. The van der Waals surface area contributed by atoms with Gasteiger partial charge in [0, 0.05) is 16.3 Å². The van der Waals surface area contributed by atoms with E-state index < -0.39 is 4.92 Å². The van der Waals surface area contributed by atoms with E-state index in [1.54, 1.807) is 6.07 Å². The molecule has 0 aliphatic rings. The SMILES string of the molecule is Cc1snc2c([N+](=O)[O-])cccc12. The molecular weight excluding hydrogens is 188 g/mol. The van der Waals surface area contributed by atoms with Crippen LogP contribution in [-0.2, 0) is 0 Å². The molecule has 0 N–H and O–H groups in total. The summed E-state index contributed by atoms with van der Waals surface area (Å²) in [7, 11) is 0. The molecule has 2 rings (SSSR count). The van der Waals surface area contributed by atoms with E-state index in [9.17, 15) is 10.1 Å². The van der Waals surface area contributed by atoms with E-state index in [0.29, 0.717) is 5.52 Å². The van der Waals surface area contributed by atoms with Gasteiger partial charge in [0.1, 0.15) is 0 Å². The Kier molecular flexibility index (Phi) is 1.73. The van der Waals surface area contributed by atoms with Crippen LogP contribution in [0.2, 0.25) is 0 Å². The van der Waals surface area contributed by atoms with E-state index >= 15 is 0 Å². The molecule has 0 bridgehead atoms. The third kappa shape index (κ3) is 1.17. The number of hydrogen-bond donors (Lipinski definition) is 0. The maximum atomic E-state index is 10.6. The van der Waals surface area contributed by atoms with Crippen molar-refractivity contribution in [3.63, 3.8) is 0 Å². The molecule has 1 heterocycles. The van der Waals surface area contributed by atoms with Crippen LogP contribution in [0.1, 0.15) is 4.88 Å². The van der Waals surface area contributed by atoms with Crippen LogP contribution in [-0.4, -0.2) is 9.30 Å². The van der Waals surface area contributed by atoms with Crippen molar-refractivity contribution in [2.45, 2.75) is 6.92 Å². The molecule has 1 aromatic heterocycles. The number of fused-ring (bicyclic) bond motifs is 1. The van der Waals surface area contributed by atoms with Crippen molar-refractivity contribution < 1.29 is 4.92 Å². The number of aromatic nitrogens is 1. The largest absolute Gasteiger partial charge is 0.296 e. The Morgan fingerprint density at radius 2 is 2.31 bits per heavy atom. The van der Waals surface area contributed by atoms with Gasteiger partial charge < -0.3 is 0 Å². The first kappa shape index (κ1) is 8.12. The lowest BCUT2D eigenvalue weighted by atomic mass is 10.2. The zero-order valence-electron chi connectivity index (χ0n) is 6.85. The number of nitro benzene ring substituents is 1. The van der Waals surface area contributed by atoms with Gasteiger partial charge in [0.2, 0.25) is 0 Å². The van der Waals surface area contributed by atoms with Crippen LogP contribution >= 0.6 is 11.5 Å². The third-order valence-electron chi connectivity index (χ3n) is 1.86. The van der Waals surface area contributed by atoms with Crippen molar-refractivity contribution in [2.24, 2.45) is 0 Å². The van der Waals surface area contributed by atoms with Gasteiger partial charge in [0.15, 0.2) is 5.52 Å². The zero-order valence-corrected chi connectivity index (χ0v) is 7.67. The molecule has 0 fully saturated rings. The van der Waals surface area contributed by atoms with E-state index in [-0.39, 0.29) is 5.69 Å². The molecule has 0 spiro atoms. The minimum Gasteiger partial charge on any atom is -0.258 e. The van der Waals surface area contributed by atoms with Gasteiger partial charge in [-0.05, 0) is 18.5 Å². The van der Waals surface area contributed by atoms with Crippen molar-refractivity contribution >= 4 is 28.1 Å². The number of rotatable bonds is 1. The lowest BCUT2D eigenvalue weighted by Crippen LogP contribution is -1.88. The summed E-state index contributed by atoms with van der Waals surface area (Å²) in [5.41, 5.74) is 0.580. The van der Waals surface area contributed by atoms with Crippen LogP contribution in [0.25, 0.3) is 10.9 Å². The third-order valence-corrected chi connectivity index (χ3v) is 2.63. The molecule has 0 saturated carbocycles. The average molecular weight is 194 g/mol. The normalized spacial score (nSPS) is 10.5. The molecule has 2 aromatic rings. The Labute approximate surface area is 78.1 Å². The van der Waals surface area contributed by atoms with Crippen molar-refractivity contribution in [3.05, 3.63) is 33.2 Å². The van der Waals surface area contributed by atoms with Crippen LogP contribution < -0.4 is 0 Å². The first-order valence-electron chi connectivity index (χ1n) is 3.69. The Balaban J connectivity index is 2.84.